The van der Waals surface area contributed by atoms with Gasteiger partial charge in [0.2, 0.25) is 0 Å². The van der Waals surface area contributed by atoms with E-state index >= 15 is 0 Å². The van der Waals surface area contributed by atoms with E-state index in [1.165, 1.54) is 35.2 Å². The summed E-state index contributed by atoms with van der Waals surface area (Å²) in [6.07, 6.45) is 1.91. The summed E-state index contributed by atoms with van der Waals surface area (Å²) in [5.41, 5.74) is 1.72. The summed E-state index contributed by atoms with van der Waals surface area (Å²) < 4.78 is 18.9. The topological polar surface area (TPSA) is 68.0 Å². The van der Waals surface area contributed by atoms with Crippen molar-refractivity contribution in [2.24, 2.45) is 0 Å². The van der Waals surface area contributed by atoms with Crippen molar-refractivity contribution >= 4 is 29.0 Å². The van der Waals surface area contributed by atoms with E-state index in [0.29, 0.717) is 17.1 Å². The van der Waals surface area contributed by atoms with Crippen molar-refractivity contribution in [1.82, 2.24) is 15.5 Å². The second-order valence-electron chi connectivity index (χ2n) is 4.57. The van der Waals surface area contributed by atoms with Crippen LogP contribution in [0.2, 0.25) is 0 Å². The highest BCUT2D eigenvalue weighted by Gasteiger charge is 2.12. The van der Waals surface area contributed by atoms with Crippen LogP contribution in [0.15, 0.2) is 44.6 Å². The molecule has 0 aliphatic heterocycles. The van der Waals surface area contributed by atoms with Crippen molar-refractivity contribution in [3.63, 3.8) is 0 Å². The second-order valence-corrected chi connectivity index (χ2v) is 6.48. The SMILES string of the molecule is CSc1nc(C(=O)NCc2cc(-c3ccc(F)cc3)no2)cs1. The molecular formula is C15H12FN3O2S2. The lowest BCUT2D eigenvalue weighted by Gasteiger charge is -1.98. The third-order valence-corrected chi connectivity index (χ3v) is 4.88. The molecule has 8 heteroatoms. The van der Waals surface area contributed by atoms with Gasteiger partial charge in [-0.25, -0.2) is 9.37 Å². The minimum absolute atomic E-state index is 0.207. The van der Waals surface area contributed by atoms with Gasteiger partial charge in [-0.1, -0.05) is 16.9 Å². The Morgan fingerprint density at radius 2 is 2.17 bits per heavy atom. The minimum atomic E-state index is -0.308. The molecule has 0 atom stereocenters. The van der Waals surface area contributed by atoms with E-state index in [1.807, 2.05) is 6.26 Å². The number of thiazole rings is 1. The van der Waals surface area contributed by atoms with Crippen LogP contribution in [-0.2, 0) is 6.54 Å². The molecule has 0 spiro atoms. The van der Waals surface area contributed by atoms with Crippen LogP contribution in [0.5, 0.6) is 0 Å². The number of hydrogen-bond acceptors (Lipinski definition) is 6. The fourth-order valence-corrected chi connectivity index (χ4v) is 3.11. The number of halogens is 1. The van der Waals surface area contributed by atoms with Crippen LogP contribution in [0.4, 0.5) is 4.39 Å². The van der Waals surface area contributed by atoms with Gasteiger partial charge < -0.3 is 9.84 Å². The lowest BCUT2D eigenvalue weighted by molar-refractivity contribution is 0.0942. The largest absolute Gasteiger partial charge is 0.359 e. The van der Waals surface area contributed by atoms with Crippen molar-refractivity contribution < 1.29 is 13.7 Å². The van der Waals surface area contributed by atoms with Gasteiger partial charge in [-0.05, 0) is 30.5 Å². The van der Waals surface area contributed by atoms with Gasteiger partial charge in [0.05, 0.1) is 6.54 Å². The molecule has 5 nitrogen and oxygen atoms in total. The number of benzene rings is 1. The monoisotopic (exact) mass is 349 g/mol. The number of amides is 1. The minimum Gasteiger partial charge on any atom is -0.359 e. The molecule has 0 unspecified atom stereocenters. The van der Waals surface area contributed by atoms with Crippen LogP contribution >= 0.6 is 23.1 Å². The molecule has 0 fully saturated rings. The van der Waals surface area contributed by atoms with Crippen LogP contribution in [0.25, 0.3) is 11.3 Å². The van der Waals surface area contributed by atoms with E-state index in [0.717, 1.165) is 9.90 Å². The summed E-state index contributed by atoms with van der Waals surface area (Å²) >= 11 is 2.92. The number of thioether (sulfide) groups is 1. The normalized spacial score (nSPS) is 10.7. The molecule has 23 heavy (non-hydrogen) atoms. The Morgan fingerprint density at radius 3 is 2.87 bits per heavy atom. The molecule has 118 valence electrons. The number of carbonyl (C=O) groups is 1. The maximum Gasteiger partial charge on any atom is 0.271 e. The van der Waals surface area contributed by atoms with Gasteiger partial charge in [0.1, 0.15) is 21.5 Å². The average molecular weight is 349 g/mol. The molecular weight excluding hydrogens is 337 g/mol. The first kappa shape index (κ1) is 15.7. The van der Waals surface area contributed by atoms with Gasteiger partial charge in [0, 0.05) is 17.0 Å². The van der Waals surface area contributed by atoms with Crippen molar-refractivity contribution in [2.45, 2.75) is 10.9 Å². The zero-order valence-electron chi connectivity index (χ0n) is 12.1. The summed E-state index contributed by atoms with van der Waals surface area (Å²) in [6.45, 7) is 0.207. The Bertz CT molecular complexity index is 814. The maximum absolute atomic E-state index is 12.9. The van der Waals surface area contributed by atoms with Crippen molar-refractivity contribution in [3.8, 4) is 11.3 Å². The highest BCUT2D eigenvalue weighted by Crippen LogP contribution is 2.21. The van der Waals surface area contributed by atoms with E-state index in [9.17, 15) is 9.18 Å². The molecule has 0 saturated heterocycles. The van der Waals surface area contributed by atoms with Gasteiger partial charge in [-0.2, -0.15) is 0 Å². The number of aromatic nitrogens is 2. The molecule has 2 heterocycles. The lowest BCUT2D eigenvalue weighted by atomic mass is 10.1. The molecule has 0 aliphatic rings. The Kier molecular flexibility index (Phi) is 4.73. The van der Waals surface area contributed by atoms with E-state index in [2.05, 4.69) is 15.5 Å². The predicted molar refractivity (Wildman–Crippen MR) is 87.0 cm³/mol. The number of rotatable bonds is 5. The van der Waals surface area contributed by atoms with Crippen molar-refractivity contribution in [1.29, 1.82) is 0 Å². The third kappa shape index (κ3) is 3.77. The molecule has 2 aromatic heterocycles. The lowest BCUT2D eigenvalue weighted by Crippen LogP contribution is -2.22. The van der Waals surface area contributed by atoms with Crippen LogP contribution in [0.3, 0.4) is 0 Å². The van der Waals surface area contributed by atoms with Crippen LogP contribution in [0.1, 0.15) is 16.2 Å². The summed E-state index contributed by atoms with van der Waals surface area (Å²) in [4.78, 5) is 16.2. The molecule has 0 saturated carbocycles. The zero-order chi connectivity index (χ0) is 16.2. The van der Waals surface area contributed by atoms with Gasteiger partial charge in [-0.3, -0.25) is 4.79 Å². The zero-order valence-corrected chi connectivity index (χ0v) is 13.7. The molecule has 1 amide bonds. The first-order valence-corrected chi connectivity index (χ1v) is 8.75. The second kappa shape index (κ2) is 6.93. The summed E-state index contributed by atoms with van der Waals surface area (Å²) in [6, 6.07) is 7.67. The standard InChI is InChI=1S/C15H12FN3O2S2/c1-22-15-18-13(8-23-15)14(20)17-7-11-6-12(19-21-11)9-2-4-10(16)5-3-9/h2-6,8H,7H2,1H3,(H,17,20). The quantitative estimate of drug-likeness (QED) is 0.713. The molecule has 0 aliphatic carbocycles. The fourth-order valence-electron chi connectivity index (χ4n) is 1.87. The average Bonchev–Trinajstić information content (AvgIpc) is 3.22. The summed E-state index contributed by atoms with van der Waals surface area (Å²) in [7, 11) is 0. The van der Waals surface area contributed by atoms with Gasteiger partial charge in [0.15, 0.2) is 5.76 Å². The molecule has 1 aromatic carbocycles. The van der Waals surface area contributed by atoms with Crippen molar-refractivity contribution in [3.05, 3.63) is 53.0 Å². The van der Waals surface area contributed by atoms with Crippen molar-refractivity contribution in [2.75, 3.05) is 6.26 Å². The van der Waals surface area contributed by atoms with E-state index in [4.69, 9.17) is 4.52 Å². The first-order valence-electron chi connectivity index (χ1n) is 6.65. The molecule has 0 bridgehead atoms. The van der Waals surface area contributed by atoms with Crippen LogP contribution < -0.4 is 5.32 Å². The van der Waals surface area contributed by atoms with Gasteiger partial charge in [0.25, 0.3) is 5.91 Å². The summed E-state index contributed by atoms with van der Waals surface area (Å²) in [5, 5.41) is 8.36. The van der Waals surface area contributed by atoms with Crippen LogP contribution in [0, 0.1) is 5.82 Å². The molecule has 3 rings (SSSR count). The molecule has 1 N–H and O–H groups in total. The highest BCUT2D eigenvalue weighted by molar-refractivity contribution is 8.00. The number of carbonyl (C=O) groups excluding carboxylic acids is 1. The van der Waals surface area contributed by atoms with Crippen LogP contribution in [-0.4, -0.2) is 22.3 Å². The highest BCUT2D eigenvalue weighted by atomic mass is 32.2. The van der Waals surface area contributed by atoms with E-state index < -0.39 is 0 Å². The third-order valence-electron chi connectivity index (χ3n) is 3.01. The fraction of sp³-hybridized carbons (Fsp3) is 0.133. The van der Waals surface area contributed by atoms with E-state index in [1.54, 1.807) is 23.6 Å². The number of nitrogens with zero attached hydrogens (tertiary/aromatic N) is 2. The predicted octanol–water partition coefficient (Wildman–Crippen LogP) is 3.59. The van der Waals surface area contributed by atoms with Gasteiger partial charge >= 0.3 is 0 Å². The maximum atomic E-state index is 12.9. The molecule has 3 aromatic rings. The van der Waals surface area contributed by atoms with E-state index in [-0.39, 0.29) is 18.3 Å². The Labute approximate surface area is 139 Å². The Balaban J connectivity index is 1.63. The summed E-state index contributed by atoms with van der Waals surface area (Å²) in [5.74, 6) is -0.0584. The smallest absolute Gasteiger partial charge is 0.271 e. The van der Waals surface area contributed by atoms with Gasteiger partial charge in [-0.15, -0.1) is 11.3 Å². The number of nitrogens with one attached hydrogen (secondary N) is 1. The number of hydrogen-bond donors (Lipinski definition) is 1. The molecule has 0 radical (unpaired) electrons. The first-order chi connectivity index (χ1) is 11.2. The Hall–Kier alpha value is -2.19. The Morgan fingerprint density at radius 1 is 1.39 bits per heavy atom.